The van der Waals surface area contributed by atoms with Crippen molar-refractivity contribution in [1.29, 1.82) is 0 Å². The number of nitrogens with zero attached hydrogens (tertiary/aromatic N) is 1. The predicted octanol–water partition coefficient (Wildman–Crippen LogP) is 3.60. The average Bonchev–Trinajstić information content (AvgIpc) is 2.45. The topological polar surface area (TPSA) is 24.5 Å². The van der Waals surface area contributed by atoms with Crippen LogP contribution in [-0.2, 0) is 4.74 Å². The van der Waals surface area contributed by atoms with Crippen LogP contribution in [-0.4, -0.2) is 43.3 Å². The normalized spacial score (nSPS) is 20.4. The molecule has 0 bridgehead atoms. The number of nitrogens with one attached hydrogen (secondary N) is 1. The van der Waals surface area contributed by atoms with Gasteiger partial charge in [0.05, 0.1) is 13.2 Å². The first-order valence-corrected chi connectivity index (χ1v) is 8.64. The van der Waals surface area contributed by atoms with Crippen LogP contribution in [0.4, 0.5) is 0 Å². The van der Waals surface area contributed by atoms with Crippen molar-refractivity contribution in [2.45, 2.75) is 38.8 Å². The largest absolute Gasteiger partial charge is 0.378 e. The van der Waals surface area contributed by atoms with E-state index in [1.54, 1.807) is 0 Å². The van der Waals surface area contributed by atoms with E-state index >= 15 is 0 Å². The second kappa shape index (κ2) is 7.73. The van der Waals surface area contributed by atoms with Crippen molar-refractivity contribution in [3.8, 4) is 0 Å². The molecule has 1 unspecified atom stereocenters. The van der Waals surface area contributed by atoms with E-state index in [0.717, 1.165) is 39.3 Å². The van der Waals surface area contributed by atoms with Crippen LogP contribution in [0.25, 0.3) is 0 Å². The second-order valence-corrected chi connectivity index (χ2v) is 7.13. The number of hydrogen-bond acceptors (Lipinski definition) is 3. The molecule has 0 aliphatic carbocycles. The third kappa shape index (κ3) is 4.52. The molecule has 0 spiro atoms. The molecule has 1 heterocycles. The van der Waals surface area contributed by atoms with Gasteiger partial charge in [-0.3, -0.25) is 4.90 Å². The molecule has 118 valence electrons. The molecule has 3 nitrogen and oxygen atoms in total. The zero-order chi connectivity index (χ0) is 15.3. The Kier molecular flexibility index (Phi) is 6.23. The second-order valence-electron chi connectivity index (χ2n) is 6.27. The van der Waals surface area contributed by atoms with Crippen LogP contribution in [0.15, 0.2) is 28.7 Å². The summed E-state index contributed by atoms with van der Waals surface area (Å²) in [7, 11) is 0. The van der Waals surface area contributed by atoms with Crippen molar-refractivity contribution >= 4 is 15.9 Å². The molecule has 1 aromatic carbocycles. The summed E-state index contributed by atoms with van der Waals surface area (Å²) in [6, 6.07) is 8.91. The van der Waals surface area contributed by atoms with Crippen LogP contribution in [0.3, 0.4) is 0 Å². The molecule has 2 rings (SSSR count). The minimum absolute atomic E-state index is 0.142. The first-order chi connectivity index (χ1) is 10.0. The quantitative estimate of drug-likeness (QED) is 0.844. The summed E-state index contributed by atoms with van der Waals surface area (Å²) in [6.45, 7) is 11.5. The fourth-order valence-corrected chi connectivity index (χ4v) is 3.52. The van der Waals surface area contributed by atoms with Gasteiger partial charge in [0.25, 0.3) is 0 Å². The Bertz CT molecular complexity index is 450. The van der Waals surface area contributed by atoms with E-state index in [9.17, 15) is 0 Å². The van der Waals surface area contributed by atoms with Gasteiger partial charge in [0, 0.05) is 29.1 Å². The highest BCUT2D eigenvalue weighted by Crippen LogP contribution is 2.27. The molecule has 4 heteroatoms. The molecular weight excluding hydrogens is 328 g/mol. The zero-order valence-corrected chi connectivity index (χ0v) is 14.9. The van der Waals surface area contributed by atoms with Crippen LogP contribution in [0.1, 0.15) is 38.8 Å². The van der Waals surface area contributed by atoms with Gasteiger partial charge in [0.1, 0.15) is 0 Å². The predicted molar refractivity (Wildman–Crippen MR) is 91.6 cm³/mol. The monoisotopic (exact) mass is 354 g/mol. The molecule has 1 saturated heterocycles. The fraction of sp³-hybridized carbons (Fsp3) is 0.647. The molecule has 0 radical (unpaired) electrons. The molecule has 1 fully saturated rings. The molecule has 0 amide bonds. The standard InChI is InChI=1S/C17H27BrN2O/c1-4-19-16(14-7-5-6-8-15(14)18)9-10-20-11-12-21-13-17(20,2)3/h5-8,16,19H,4,9-13H2,1-3H3. The summed E-state index contributed by atoms with van der Waals surface area (Å²) in [5.74, 6) is 0. The molecule has 1 N–H and O–H groups in total. The number of ether oxygens (including phenoxy) is 1. The van der Waals surface area contributed by atoms with E-state index < -0.39 is 0 Å². The van der Waals surface area contributed by atoms with Gasteiger partial charge in [-0.15, -0.1) is 0 Å². The molecular formula is C17H27BrN2O. The Morgan fingerprint density at radius 3 is 2.81 bits per heavy atom. The highest BCUT2D eigenvalue weighted by atomic mass is 79.9. The maximum absolute atomic E-state index is 5.61. The van der Waals surface area contributed by atoms with E-state index in [-0.39, 0.29) is 5.54 Å². The smallest absolute Gasteiger partial charge is 0.0645 e. The number of halogens is 1. The van der Waals surface area contributed by atoms with Crippen molar-refractivity contribution in [1.82, 2.24) is 10.2 Å². The summed E-state index contributed by atoms with van der Waals surface area (Å²) in [5, 5.41) is 3.62. The first-order valence-electron chi connectivity index (χ1n) is 7.85. The summed E-state index contributed by atoms with van der Waals surface area (Å²) in [4.78, 5) is 2.55. The Morgan fingerprint density at radius 1 is 1.38 bits per heavy atom. The number of rotatable bonds is 6. The van der Waals surface area contributed by atoms with Gasteiger partial charge >= 0.3 is 0 Å². The number of morpholine rings is 1. The lowest BCUT2D eigenvalue weighted by molar-refractivity contribution is -0.0521. The van der Waals surface area contributed by atoms with E-state index in [2.05, 4.69) is 71.2 Å². The maximum Gasteiger partial charge on any atom is 0.0645 e. The lowest BCUT2D eigenvalue weighted by Crippen LogP contribution is -2.53. The average molecular weight is 355 g/mol. The minimum Gasteiger partial charge on any atom is -0.378 e. The van der Waals surface area contributed by atoms with E-state index in [4.69, 9.17) is 4.74 Å². The van der Waals surface area contributed by atoms with Crippen LogP contribution in [0.2, 0.25) is 0 Å². The van der Waals surface area contributed by atoms with E-state index in [0.29, 0.717) is 6.04 Å². The van der Waals surface area contributed by atoms with Crippen LogP contribution < -0.4 is 5.32 Å². The Hall–Kier alpha value is -0.420. The van der Waals surface area contributed by atoms with Gasteiger partial charge in [-0.25, -0.2) is 0 Å². The van der Waals surface area contributed by atoms with Crippen molar-refractivity contribution in [2.75, 3.05) is 32.8 Å². The molecule has 21 heavy (non-hydrogen) atoms. The molecule has 1 aromatic rings. The van der Waals surface area contributed by atoms with Crippen LogP contribution >= 0.6 is 15.9 Å². The third-order valence-electron chi connectivity index (χ3n) is 4.24. The first kappa shape index (κ1) is 16.9. The number of benzene rings is 1. The van der Waals surface area contributed by atoms with E-state index in [1.807, 2.05) is 0 Å². The molecule has 1 atom stereocenters. The van der Waals surface area contributed by atoms with Crippen molar-refractivity contribution in [2.24, 2.45) is 0 Å². The Labute approximate surface area is 137 Å². The lowest BCUT2D eigenvalue weighted by Gasteiger charge is -2.42. The number of hydrogen-bond donors (Lipinski definition) is 1. The van der Waals surface area contributed by atoms with Gasteiger partial charge in [0.2, 0.25) is 0 Å². The van der Waals surface area contributed by atoms with Gasteiger partial charge in [-0.05, 0) is 38.4 Å². The zero-order valence-electron chi connectivity index (χ0n) is 13.4. The van der Waals surface area contributed by atoms with Gasteiger partial charge in [-0.1, -0.05) is 41.1 Å². The summed E-state index contributed by atoms with van der Waals surface area (Å²) in [5.41, 5.74) is 1.49. The highest BCUT2D eigenvalue weighted by Gasteiger charge is 2.30. The molecule has 1 aliphatic heterocycles. The minimum atomic E-state index is 0.142. The van der Waals surface area contributed by atoms with Crippen LogP contribution in [0, 0.1) is 0 Å². The lowest BCUT2D eigenvalue weighted by atomic mass is 9.99. The van der Waals surface area contributed by atoms with Gasteiger partial charge in [-0.2, -0.15) is 0 Å². The fourth-order valence-electron chi connectivity index (χ4n) is 2.96. The highest BCUT2D eigenvalue weighted by molar-refractivity contribution is 9.10. The molecule has 0 saturated carbocycles. The molecule has 1 aliphatic rings. The molecule has 0 aromatic heterocycles. The SMILES string of the molecule is CCNC(CCN1CCOCC1(C)C)c1ccccc1Br. The third-order valence-corrected chi connectivity index (χ3v) is 4.96. The van der Waals surface area contributed by atoms with Crippen LogP contribution in [0.5, 0.6) is 0 Å². The van der Waals surface area contributed by atoms with E-state index in [1.165, 1.54) is 10.0 Å². The Balaban J connectivity index is 2.02. The summed E-state index contributed by atoms with van der Waals surface area (Å²) >= 11 is 3.68. The van der Waals surface area contributed by atoms with Crippen molar-refractivity contribution in [3.63, 3.8) is 0 Å². The van der Waals surface area contributed by atoms with Gasteiger partial charge in [0.15, 0.2) is 0 Å². The Morgan fingerprint density at radius 2 is 2.14 bits per heavy atom. The maximum atomic E-state index is 5.61. The van der Waals surface area contributed by atoms with Crippen molar-refractivity contribution in [3.05, 3.63) is 34.3 Å². The summed E-state index contributed by atoms with van der Waals surface area (Å²) < 4.78 is 6.80. The summed E-state index contributed by atoms with van der Waals surface area (Å²) in [6.07, 6.45) is 1.11. The van der Waals surface area contributed by atoms with Gasteiger partial charge < -0.3 is 10.1 Å². The van der Waals surface area contributed by atoms with Crippen molar-refractivity contribution < 1.29 is 4.74 Å².